The molecule has 0 radical (unpaired) electrons. The Bertz CT molecular complexity index is 467. The molecule has 1 aliphatic rings. The first-order valence-corrected chi connectivity index (χ1v) is 7.65. The van der Waals surface area contributed by atoms with E-state index in [1.54, 1.807) is 0 Å². The fourth-order valence-electron chi connectivity index (χ4n) is 2.72. The zero-order valence-electron chi connectivity index (χ0n) is 10.6. The molecule has 3 nitrogen and oxygen atoms in total. The topological polar surface area (TPSA) is 54.4 Å². The van der Waals surface area contributed by atoms with Gasteiger partial charge in [0.25, 0.3) is 0 Å². The number of Topliss-reactive ketones (excluding diaryl/α,β-unsaturated/α-hetero) is 1. The van der Waals surface area contributed by atoms with E-state index in [4.69, 9.17) is 5.11 Å². The van der Waals surface area contributed by atoms with Crippen LogP contribution in [0.4, 0.5) is 0 Å². The van der Waals surface area contributed by atoms with Gasteiger partial charge in [-0.2, -0.15) is 0 Å². The highest BCUT2D eigenvalue weighted by molar-refractivity contribution is 14.1. The molecule has 1 aliphatic carbocycles. The van der Waals surface area contributed by atoms with E-state index < -0.39 is 5.97 Å². The Kier molecular flexibility index (Phi) is 4.96. The fraction of sp³-hybridized carbons (Fsp3) is 0.467. The number of hydrogen-bond acceptors (Lipinski definition) is 2. The average molecular weight is 372 g/mol. The zero-order valence-corrected chi connectivity index (χ0v) is 12.8. The van der Waals surface area contributed by atoms with Gasteiger partial charge in [-0.05, 0) is 59.9 Å². The summed E-state index contributed by atoms with van der Waals surface area (Å²) in [6.45, 7) is 0. The van der Waals surface area contributed by atoms with Crippen LogP contribution in [0, 0.1) is 15.4 Å². The van der Waals surface area contributed by atoms with Crippen LogP contribution in [0.15, 0.2) is 24.3 Å². The quantitative estimate of drug-likeness (QED) is 0.647. The van der Waals surface area contributed by atoms with E-state index in [-0.39, 0.29) is 17.6 Å². The lowest BCUT2D eigenvalue weighted by atomic mass is 9.78. The third-order valence-electron chi connectivity index (χ3n) is 3.77. The van der Waals surface area contributed by atoms with Crippen LogP contribution in [0.1, 0.15) is 42.5 Å². The van der Waals surface area contributed by atoms with E-state index in [0.29, 0.717) is 12.8 Å². The average Bonchev–Trinajstić information content (AvgIpc) is 2.39. The minimum atomic E-state index is -0.716. The van der Waals surface area contributed by atoms with Gasteiger partial charge in [-0.3, -0.25) is 9.59 Å². The highest BCUT2D eigenvalue weighted by atomic mass is 127. The summed E-state index contributed by atoms with van der Waals surface area (Å²) < 4.78 is 1.11. The van der Waals surface area contributed by atoms with Crippen LogP contribution in [-0.4, -0.2) is 16.9 Å². The van der Waals surface area contributed by atoms with Crippen molar-refractivity contribution in [3.63, 3.8) is 0 Å². The predicted molar refractivity (Wildman–Crippen MR) is 81.2 cm³/mol. The number of hydrogen-bond donors (Lipinski definition) is 1. The van der Waals surface area contributed by atoms with Crippen LogP contribution in [0.2, 0.25) is 0 Å². The molecule has 102 valence electrons. The van der Waals surface area contributed by atoms with E-state index in [1.165, 1.54) is 0 Å². The van der Waals surface area contributed by atoms with Gasteiger partial charge in [-0.1, -0.05) is 18.6 Å². The summed E-state index contributed by atoms with van der Waals surface area (Å²) in [5, 5.41) is 9.05. The molecule has 0 bridgehead atoms. The highest BCUT2D eigenvalue weighted by Crippen LogP contribution is 2.32. The molecular weight excluding hydrogens is 355 g/mol. The molecule has 1 N–H and O–H groups in total. The Labute approximate surface area is 126 Å². The number of carboxylic acid groups (broad SMARTS) is 1. The lowest BCUT2D eigenvalue weighted by molar-refractivity contribution is -0.143. The number of carboxylic acids is 1. The fourth-order valence-corrected chi connectivity index (χ4v) is 3.08. The van der Waals surface area contributed by atoms with Crippen molar-refractivity contribution in [2.24, 2.45) is 11.8 Å². The van der Waals surface area contributed by atoms with Crippen molar-refractivity contribution in [3.05, 3.63) is 33.4 Å². The summed E-state index contributed by atoms with van der Waals surface area (Å²) in [5.41, 5.74) is 0.734. The number of carbonyl (C=O) groups excluding carboxylic acids is 1. The molecule has 0 aromatic heterocycles. The number of benzene rings is 1. The van der Waals surface area contributed by atoms with Gasteiger partial charge in [-0.25, -0.2) is 0 Å². The maximum Gasteiger partial charge on any atom is 0.306 e. The van der Waals surface area contributed by atoms with Gasteiger partial charge in [-0.15, -0.1) is 0 Å². The first-order valence-electron chi connectivity index (χ1n) is 6.58. The van der Waals surface area contributed by atoms with Crippen molar-refractivity contribution >= 4 is 34.3 Å². The molecular formula is C15H17IO3. The normalized spacial score (nSPS) is 23.0. The zero-order chi connectivity index (χ0) is 13.8. The van der Waals surface area contributed by atoms with Crippen LogP contribution in [-0.2, 0) is 4.79 Å². The second-order valence-electron chi connectivity index (χ2n) is 5.20. The molecule has 2 rings (SSSR count). The van der Waals surface area contributed by atoms with Crippen LogP contribution < -0.4 is 0 Å². The van der Waals surface area contributed by atoms with Crippen LogP contribution >= 0.6 is 22.6 Å². The van der Waals surface area contributed by atoms with Crippen molar-refractivity contribution in [2.45, 2.75) is 32.1 Å². The van der Waals surface area contributed by atoms with E-state index in [0.717, 1.165) is 28.4 Å². The van der Waals surface area contributed by atoms with Crippen LogP contribution in [0.3, 0.4) is 0 Å². The largest absolute Gasteiger partial charge is 0.481 e. The third-order valence-corrected chi connectivity index (χ3v) is 4.49. The highest BCUT2D eigenvalue weighted by Gasteiger charge is 2.28. The Morgan fingerprint density at radius 2 is 1.89 bits per heavy atom. The number of carbonyl (C=O) groups is 2. The molecule has 0 unspecified atom stereocenters. The summed E-state index contributed by atoms with van der Waals surface area (Å²) in [4.78, 5) is 23.2. The van der Waals surface area contributed by atoms with Crippen LogP contribution in [0.5, 0.6) is 0 Å². The monoisotopic (exact) mass is 372 g/mol. The maximum absolute atomic E-state index is 12.2. The first kappa shape index (κ1) is 14.5. The molecule has 0 saturated heterocycles. The lowest BCUT2D eigenvalue weighted by Crippen LogP contribution is -2.24. The van der Waals surface area contributed by atoms with Crippen molar-refractivity contribution in [1.82, 2.24) is 0 Å². The first-order chi connectivity index (χ1) is 9.06. The molecule has 1 fully saturated rings. The second kappa shape index (κ2) is 6.50. The Balaban J connectivity index is 1.95. The van der Waals surface area contributed by atoms with Gasteiger partial charge in [0, 0.05) is 15.6 Å². The molecule has 1 aromatic carbocycles. The number of halogens is 1. The van der Waals surface area contributed by atoms with Crippen LogP contribution in [0.25, 0.3) is 0 Å². The molecule has 0 aliphatic heterocycles. The molecule has 4 heteroatoms. The van der Waals surface area contributed by atoms with Gasteiger partial charge in [0.2, 0.25) is 0 Å². The summed E-state index contributed by atoms with van der Waals surface area (Å²) in [7, 11) is 0. The minimum Gasteiger partial charge on any atom is -0.481 e. The van der Waals surface area contributed by atoms with Gasteiger partial charge < -0.3 is 5.11 Å². The molecule has 0 spiro atoms. The van der Waals surface area contributed by atoms with E-state index >= 15 is 0 Å². The van der Waals surface area contributed by atoms with Gasteiger partial charge in [0.05, 0.1) is 5.92 Å². The van der Waals surface area contributed by atoms with Crippen molar-refractivity contribution in [1.29, 1.82) is 0 Å². The Morgan fingerprint density at radius 1 is 1.21 bits per heavy atom. The van der Waals surface area contributed by atoms with E-state index in [9.17, 15) is 9.59 Å². The number of aliphatic carboxylic acids is 1. The Hall–Kier alpha value is -0.910. The number of rotatable bonds is 4. The summed E-state index contributed by atoms with van der Waals surface area (Å²) in [6, 6.07) is 7.55. The van der Waals surface area contributed by atoms with Gasteiger partial charge in [0.1, 0.15) is 0 Å². The molecule has 0 heterocycles. The van der Waals surface area contributed by atoms with Crippen molar-refractivity contribution in [2.75, 3.05) is 0 Å². The predicted octanol–water partition coefficient (Wildman–Crippen LogP) is 3.76. The minimum absolute atomic E-state index is 0.132. The molecule has 1 saturated carbocycles. The standard InChI is InChI=1S/C15H17IO3/c16-13-6-4-11(5-7-13)14(17)9-10-2-1-3-12(8-10)15(18)19/h4-7,10,12H,1-3,8-9H2,(H,18,19)/t10-,12+/m1/s1. The van der Waals surface area contributed by atoms with Gasteiger partial charge >= 0.3 is 5.97 Å². The molecule has 2 atom stereocenters. The Morgan fingerprint density at radius 3 is 2.53 bits per heavy atom. The van der Waals surface area contributed by atoms with Crippen molar-refractivity contribution in [3.8, 4) is 0 Å². The molecule has 0 amide bonds. The maximum atomic E-state index is 12.2. The second-order valence-corrected chi connectivity index (χ2v) is 6.45. The van der Waals surface area contributed by atoms with E-state index in [1.807, 2.05) is 24.3 Å². The van der Waals surface area contributed by atoms with Gasteiger partial charge in [0.15, 0.2) is 5.78 Å². The summed E-state index contributed by atoms with van der Waals surface area (Å²) in [5.74, 6) is -0.622. The SMILES string of the molecule is O=C(C[C@@H]1CCC[C@H](C(=O)O)C1)c1ccc(I)cc1. The van der Waals surface area contributed by atoms with E-state index in [2.05, 4.69) is 22.6 Å². The molecule has 19 heavy (non-hydrogen) atoms. The summed E-state index contributed by atoms with van der Waals surface area (Å²) >= 11 is 2.21. The lowest BCUT2D eigenvalue weighted by Gasteiger charge is -2.26. The van der Waals surface area contributed by atoms with Crippen molar-refractivity contribution < 1.29 is 14.7 Å². The third kappa shape index (κ3) is 4.03. The summed E-state index contributed by atoms with van der Waals surface area (Å²) in [6.07, 6.45) is 3.76. The molecule has 1 aromatic rings. The number of ketones is 1. The smallest absolute Gasteiger partial charge is 0.306 e.